The Bertz CT molecular complexity index is 846. The highest BCUT2D eigenvalue weighted by Gasteiger charge is 2.42. The van der Waals surface area contributed by atoms with Crippen LogP contribution in [0.3, 0.4) is 0 Å². The molecule has 1 atom stereocenters. The number of benzene rings is 1. The number of halogens is 1. The highest BCUT2D eigenvalue weighted by Crippen LogP contribution is 2.30. The van der Waals surface area contributed by atoms with Crippen LogP contribution in [-0.4, -0.2) is 34.7 Å². The first-order chi connectivity index (χ1) is 13.1. The molecular formula is C20H26ClN5O2. The standard InChI is InChI=1S/C20H25N5O2.ClH/c1-14(15-3-5-17-16(13-15)4-6-18(26)24-17)23-19(27)20(7-10-21-11-8-20)25-12-2-9-22-25;/h2-3,5,9,12-14,21H,4,6-8,10-11H2,1H3,(H,23,27)(H,24,26);1H. The van der Waals surface area contributed by atoms with Crippen molar-refractivity contribution in [2.45, 2.75) is 44.2 Å². The third-order valence-electron chi connectivity index (χ3n) is 5.67. The van der Waals surface area contributed by atoms with Gasteiger partial charge in [0.1, 0.15) is 5.54 Å². The van der Waals surface area contributed by atoms with Crippen LogP contribution < -0.4 is 16.0 Å². The van der Waals surface area contributed by atoms with Crippen LogP contribution in [0.2, 0.25) is 0 Å². The predicted octanol–water partition coefficient (Wildman–Crippen LogP) is 2.15. The fraction of sp³-hybridized carbons (Fsp3) is 0.450. The highest BCUT2D eigenvalue weighted by molar-refractivity contribution is 5.94. The number of nitrogens with one attached hydrogen (secondary N) is 3. The minimum absolute atomic E-state index is 0. The number of carbonyl (C=O) groups excluding carboxylic acids is 2. The summed E-state index contributed by atoms with van der Waals surface area (Å²) in [6.07, 6.45) is 6.26. The highest BCUT2D eigenvalue weighted by atomic mass is 35.5. The summed E-state index contributed by atoms with van der Waals surface area (Å²) < 4.78 is 1.80. The average Bonchev–Trinajstić information content (AvgIpc) is 3.23. The van der Waals surface area contributed by atoms with E-state index in [4.69, 9.17) is 0 Å². The lowest BCUT2D eigenvalue weighted by atomic mass is 9.87. The Morgan fingerprint density at radius 2 is 2.07 bits per heavy atom. The number of hydrogen-bond donors (Lipinski definition) is 3. The smallest absolute Gasteiger partial charge is 0.248 e. The van der Waals surface area contributed by atoms with Crippen molar-refractivity contribution in [3.63, 3.8) is 0 Å². The van der Waals surface area contributed by atoms with E-state index >= 15 is 0 Å². The molecule has 0 spiro atoms. The number of nitrogens with zero attached hydrogens (tertiary/aromatic N) is 2. The molecule has 2 aromatic rings. The van der Waals surface area contributed by atoms with Gasteiger partial charge in [-0.1, -0.05) is 12.1 Å². The van der Waals surface area contributed by atoms with Gasteiger partial charge in [-0.2, -0.15) is 5.10 Å². The molecule has 7 nitrogen and oxygen atoms in total. The van der Waals surface area contributed by atoms with Crippen LogP contribution in [0.1, 0.15) is 43.4 Å². The maximum Gasteiger partial charge on any atom is 0.248 e. The summed E-state index contributed by atoms with van der Waals surface area (Å²) in [5.74, 6) is 0.0647. The summed E-state index contributed by atoms with van der Waals surface area (Å²) in [6.45, 7) is 3.58. The summed E-state index contributed by atoms with van der Waals surface area (Å²) in [5.41, 5.74) is 2.39. The third-order valence-corrected chi connectivity index (χ3v) is 5.67. The van der Waals surface area contributed by atoms with Gasteiger partial charge in [0.05, 0.1) is 6.04 Å². The average molecular weight is 404 g/mol. The number of anilines is 1. The van der Waals surface area contributed by atoms with Gasteiger partial charge in [-0.15, -0.1) is 12.4 Å². The zero-order valence-electron chi connectivity index (χ0n) is 15.9. The summed E-state index contributed by atoms with van der Waals surface area (Å²) >= 11 is 0. The number of hydrogen-bond acceptors (Lipinski definition) is 4. The van der Waals surface area contributed by atoms with Crippen molar-refractivity contribution in [3.8, 4) is 0 Å². The first kappa shape index (κ1) is 20.4. The molecule has 1 saturated heterocycles. The molecule has 1 fully saturated rings. The molecule has 2 amide bonds. The number of carbonyl (C=O) groups is 2. The molecule has 8 heteroatoms. The Hall–Kier alpha value is -2.38. The van der Waals surface area contributed by atoms with Crippen molar-refractivity contribution in [3.05, 3.63) is 47.8 Å². The molecular weight excluding hydrogens is 378 g/mol. The van der Waals surface area contributed by atoms with Gasteiger partial charge in [-0.25, -0.2) is 0 Å². The second-order valence-corrected chi connectivity index (χ2v) is 7.39. The molecule has 2 aliphatic heterocycles. The molecule has 1 aromatic carbocycles. The molecule has 0 radical (unpaired) electrons. The fourth-order valence-electron chi connectivity index (χ4n) is 4.01. The number of fused-ring (bicyclic) bond motifs is 1. The number of rotatable bonds is 4. The van der Waals surface area contributed by atoms with Gasteiger partial charge in [0.15, 0.2) is 0 Å². The topological polar surface area (TPSA) is 88.1 Å². The second-order valence-electron chi connectivity index (χ2n) is 7.39. The van der Waals surface area contributed by atoms with E-state index in [0.29, 0.717) is 19.3 Å². The zero-order valence-corrected chi connectivity index (χ0v) is 16.7. The number of aryl methyl sites for hydroxylation is 1. The van der Waals surface area contributed by atoms with E-state index < -0.39 is 5.54 Å². The van der Waals surface area contributed by atoms with Crippen LogP contribution >= 0.6 is 12.4 Å². The molecule has 0 bridgehead atoms. The first-order valence-electron chi connectivity index (χ1n) is 9.53. The zero-order chi connectivity index (χ0) is 18.9. The van der Waals surface area contributed by atoms with Gasteiger partial charge < -0.3 is 16.0 Å². The van der Waals surface area contributed by atoms with E-state index in [1.165, 1.54) is 0 Å². The van der Waals surface area contributed by atoms with Gasteiger partial charge in [-0.3, -0.25) is 14.3 Å². The second kappa shape index (κ2) is 8.32. The van der Waals surface area contributed by atoms with Crippen LogP contribution in [0, 0.1) is 0 Å². The van der Waals surface area contributed by atoms with Crippen molar-refractivity contribution in [2.24, 2.45) is 0 Å². The minimum Gasteiger partial charge on any atom is -0.347 e. The van der Waals surface area contributed by atoms with Crippen molar-refractivity contribution in [2.75, 3.05) is 18.4 Å². The van der Waals surface area contributed by atoms with Crippen molar-refractivity contribution < 1.29 is 9.59 Å². The molecule has 1 unspecified atom stereocenters. The Labute approximate surface area is 170 Å². The Balaban J connectivity index is 0.00000225. The fourth-order valence-corrected chi connectivity index (χ4v) is 4.01. The molecule has 1 aromatic heterocycles. The van der Waals surface area contributed by atoms with E-state index in [1.807, 2.05) is 31.3 Å². The van der Waals surface area contributed by atoms with E-state index in [-0.39, 0.29) is 30.3 Å². The maximum absolute atomic E-state index is 13.3. The maximum atomic E-state index is 13.3. The van der Waals surface area contributed by atoms with Crippen molar-refractivity contribution in [1.29, 1.82) is 0 Å². The molecule has 28 heavy (non-hydrogen) atoms. The van der Waals surface area contributed by atoms with E-state index in [1.54, 1.807) is 10.9 Å². The van der Waals surface area contributed by atoms with E-state index in [0.717, 1.165) is 36.3 Å². The monoisotopic (exact) mass is 403 g/mol. The summed E-state index contributed by atoms with van der Waals surface area (Å²) in [7, 11) is 0. The van der Waals surface area contributed by atoms with Gasteiger partial charge in [-0.05, 0) is 62.5 Å². The van der Waals surface area contributed by atoms with Crippen LogP contribution in [0.25, 0.3) is 0 Å². The van der Waals surface area contributed by atoms with Gasteiger partial charge in [0.2, 0.25) is 11.8 Å². The largest absolute Gasteiger partial charge is 0.347 e. The SMILES string of the molecule is CC(NC(=O)C1(n2cccn2)CCNCC1)c1ccc2c(c1)CCC(=O)N2.Cl. The Morgan fingerprint density at radius 1 is 1.29 bits per heavy atom. The molecule has 2 aliphatic rings. The van der Waals surface area contributed by atoms with Crippen molar-refractivity contribution in [1.82, 2.24) is 20.4 Å². The molecule has 0 aliphatic carbocycles. The molecule has 150 valence electrons. The van der Waals surface area contributed by atoms with Gasteiger partial charge in [0.25, 0.3) is 0 Å². The quantitative estimate of drug-likeness (QED) is 0.729. The van der Waals surface area contributed by atoms with E-state index in [2.05, 4.69) is 27.1 Å². The van der Waals surface area contributed by atoms with Crippen LogP contribution in [0.4, 0.5) is 5.69 Å². The molecule has 3 N–H and O–H groups in total. The number of amides is 2. The molecule has 3 heterocycles. The molecule has 4 rings (SSSR count). The van der Waals surface area contributed by atoms with Crippen molar-refractivity contribution >= 4 is 29.9 Å². The normalized spacial score (nSPS) is 19.0. The van der Waals surface area contributed by atoms with Crippen LogP contribution in [0.15, 0.2) is 36.7 Å². The van der Waals surface area contributed by atoms with Gasteiger partial charge >= 0.3 is 0 Å². The minimum atomic E-state index is -0.648. The third kappa shape index (κ3) is 3.77. The lowest BCUT2D eigenvalue weighted by Gasteiger charge is -2.37. The Morgan fingerprint density at radius 3 is 2.79 bits per heavy atom. The summed E-state index contributed by atoms with van der Waals surface area (Å²) in [5, 5.41) is 13.8. The van der Waals surface area contributed by atoms with Crippen LogP contribution in [-0.2, 0) is 21.5 Å². The first-order valence-corrected chi connectivity index (χ1v) is 9.53. The van der Waals surface area contributed by atoms with E-state index in [9.17, 15) is 9.59 Å². The molecule has 0 saturated carbocycles. The predicted molar refractivity (Wildman–Crippen MR) is 110 cm³/mol. The number of piperidine rings is 1. The van der Waals surface area contributed by atoms with Crippen LogP contribution in [0.5, 0.6) is 0 Å². The lowest BCUT2D eigenvalue weighted by molar-refractivity contribution is -0.132. The lowest BCUT2D eigenvalue weighted by Crippen LogP contribution is -2.55. The Kier molecular flexibility index (Phi) is 6.05. The number of aromatic nitrogens is 2. The summed E-state index contributed by atoms with van der Waals surface area (Å²) in [4.78, 5) is 24.8. The summed E-state index contributed by atoms with van der Waals surface area (Å²) in [6, 6.07) is 7.72. The van der Waals surface area contributed by atoms with Gasteiger partial charge in [0, 0.05) is 24.5 Å².